The molecule has 0 aliphatic carbocycles. The van der Waals surface area contributed by atoms with Gasteiger partial charge in [-0.2, -0.15) is 0 Å². The van der Waals surface area contributed by atoms with Crippen molar-refractivity contribution in [2.75, 3.05) is 0 Å². The van der Waals surface area contributed by atoms with Crippen LogP contribution >= 0.6 is 0 Å². The fourth-order valence-corrected chi connectivity index (χ4v) is 0.637. The highest BCUT2D eigenvalue weighted by molar-refractivity contribution is 5.71. The Labute approximate surface area is 51.7 Å². The number of ether oxygens (including phenoxy) is 2. The van der Waals surface area contributed by atoms with Gasteiger partial charge in [-0.3, -0.25) is 4.79 Å². The molecule has 49 valence electrons. The first-order valence-electron chi connectivity index (χ1n) is 2.55. The highest BCUT2D eigenvalue weighted by Crippen LogP contribution is 2.13. The van der Waals surface area contributed by atoms with Crippen molar-refractivity contribution in [3.8, 4) is 0 Å². The van der Waals surface area contributed by atoms with Crippen LogP contribution in [0.4, 0.5) is 0 Å². The second kappa shape index (κ2) is 2.48. The predicted molar refractivity (Wildman–Crippen MR) is 25.9 cm³/mol. The van der Waals surface area contributed by atoms with Crippen LogP contribution in [0.3, 0.4) is 0 Å². The maximum absolute atomic E-state index is 10.3. The molecule has 9 heavy (non-hydrogen) atoms. The van der Waals surface area contributed by atoms with Crippen LogP contribution in [-0.4, -0.2) is 18.7 Å². The minimum absolute atomic E-state index is 0.324. The van der Waals surface area contributed by atoms with Gasteiger partial charge in [0.25, 0.3) is 0 Å². The van der Waals surface area contributed by atoms with Crippen molar-refractivity contribution < 1.29 is 19.1 Å². The average molecular weight is 129 g/mol. The third kappa shape index (κ3) is 1.42. The quantitative estimate of drug-likeness (QED) is 0.482. The predicted octanol–water partition coefficient (Wildman–Crippen LogP) is -0.267. The first kappa shape index (κ1) is 6.07. The van der Waals surface area contributed by atoms with Crippen molar-refractivity contribution in [3.05, 3.63) is 0 Å². The zero-order valence-corrected chi connectivity index (χ0v) is 4.62. The standard InChI is InChI=1S/C5H5O4/c6-3-8-5-2-1-4(7)9-5/h5H,1-2H2. The number of carbonyl (C=O) groups excluding carboxylic acids is 2. The Morgan fingerprint density at radius 2 is 2.56 bits per heavy atom. The summed E-state index contributed by atoms with van der Waals surface area (Å²) in [5, 5.41) is 0. The lowest BCUT2D eigenvalue weighted by atomic mass is 10.4. The maximum atomic E-state index is 10.3. The van der Waals surface area contributed by atoms with Gasteiger partial charge in [-0.25, -0.2) is 4.79 Å². The van der Waals surface area contributed by atoms with Crippen molar-refractivity contribution in [2.24, 2.45) is 0 Å². The normalized spacial score (nSPS) is 25.3. The summed E-state index contributed by atoms with van der Waals surface area (Å²) < 4.78 is 8.70. The number of rotatable bonds is 2. The lowest BCUT2D eigenvalue weighted by Crippen LogP contribution is -2.09. The second-order valence-electron chi connectivity index (χ2n) is 1.66. The molecular weight excluding hydrogens is 124 g/mol. The first-order chi connectivity index (χ1) is 4.33. The second-order valence-corrected chi connectivity index (χ2v) is 1.66. The van der Waals surface area contributed by atoms with Crippen LogP contribution in [0.1, 0.15) is 12.8 Å². The van der Waals surface area contributed by atoms with Crippen molar-refractivity contribution in [2.45, 2.75) is 19.1 Å². The summed E-state index contributed by atoms with van der Waals surface area (Å²) in [5.74, 6) is -0.324. The third-order valence-corrected chi connectivity index (χ3v) is 1.03. The van der Waals surface area contributed by atoms with Gasteiger partial charge in [0.15, 0.2) is 0 Å². The van der Waals surface area contributed by atoms with Crippen molar-refractivity contribution >= 4 is 12.4 Å². The average Bonchev–Trinajstić information content (AvgIpc) is 2.17. The molecule has 0 spiro atoms. The van der Waals surface area contributed by atoms with Gasteiger partial charge in [-0.15, -0.1) is 0 Å². The Hall–Kier alpha value is -1.06. The lowest BCUT2D eigenvalue weighted by molar-refractivity contribution is -0.152. The molecule has 0 amide bonds. The van der Waals surface area contributed by atoms with Gasteiger partial charge in [-0.1, -0.05) is 0 Å². The van der Waals surface area contributed by atoms with Gasteiger partial charge in [0.05, 0.1) is 6.42 Å². The summed E-state index contributed by atoms with van der Waals surface area (Å²) in [4.78, 5) is 19.8. The van der Waals surface area contributed by atoms with Gasteiger partial charge >= 0.3 is 12.4 Å². The molecule has 0 saturated carbocycles. The molecule has 0 N–H and O–H groups in total. The largest absolute Gasteiger partial charge is 0.425 e. The molecule has 0 aromatic carbocycles. The Morgan fingerprint density at radius 1 is 1.78 bits per heavy atom. The summed E-state index contributed by atoms with van der Waals surface area (Å²) in [7, 11) is 0. The molecule has 1 aliphatic heterocycles. The van der Waals surface area contributed by atoms with Crippen molar-refractivity contribution in [1.82, 2.24) is 0 Å². The maximum Gasteiger partial charge on any atom is 0.420 e. The topological polar surface area (TPSA) is 52.6 Å². The van der Waals surface area contributed by atoms with E-state index in [-0.39, 0.29) is 5.97 Å². The molecule has 1 heterocycles. The van der Waals surface area contributed by atoms with Crippen molar-refractivity contribution in [1.29, 1.82) is 0 Å². The van der Waals surface area contributed by atoms with E-state index in [0.717, 1.165) is 0 Å². The summed E-state index contributed by atoms with van der Waals surface area (Å²) in [6.07, 6.45) is 0.0930. The zero-order chi connectivity index (χ0) is 6.69. The van der Waals surface area contributed by atoms with Crippen LogP contribution in [0.25, 0.3) is 0 Å². The Balaban J connectivity index is 2.29. The molecular formula is C5H5O4. The van der Waals surface area contributed by atoms with Crippen LogP contribution in [0, 0.1) is 0 Å². The highest BCUT2D eigenvalue weighted by Gasteiger charge is 2.23. The number of esters is 1. The monoisotopic (exact) mass is 129 g/mol. The number of hydrogen-bond acceptors (Lipinski definition) is 4. The molecule has 1 rings (SSSR count). The van der Waals surface area contributed by atoms with E-state index in [1.54, 1.807) is 0 Å². The Kier molecular flexibility index (Phi) is 1.67. The van der Waals surface area contributed by atoms with Gasteiger partial charge in [-0.05, 0) is 0 Å². The van der Waals surface area contributed by atoms with Gasteiger partial charge in [0.1, 0.15) is 0 Å². The first-order valence-corrected chi connectivity index (χ1v) is 2.55. The molecule has 1 radical (unpaired) electrons. The van der Waals surface area contributed by atoms with Gasteiger partial charge in [0, 0.05) is 6.42 Å². The van der Waals surface area contributed by atoms with Gasteiger partial charge < -0.3 is 9.47 Å². The summed E-state index contributed by atoms with van der Waals surface area (Å²) in [6.45, 7) is 1.20. The van der Waals surface area contributed by atoms with E-state index in [1.165, 1.54) is 6.47 Å². The van der Waals surface area contributed by atoms with Crippen LogP contribution in [-0.2, 0) is 19.1 Å². The fourth-order valence-electron chi connectivity index (χ4n) is 0.637. The van der Waals surface area contributed by atoms with Crippen LogP contribution in [0.5, 0.6) is 0 Å². The van der Waals surface area contributed by atoms with E-state index in [0.29, 0.717) is 12.8 Å². The molecule has 1 atom stereocenters. The van der Waals surface area contributed by atoms with E-state index in [2.05, 4.69) is 9.47 Å². The minimum Gasteiger partial charge on any atom is -0.425 e. The third-order valence-electron chi connectivity index (χ3n) is 1.03. The summed E-state index contributed by atoms with van der Waals surface area (Å²) in [5.41, 5.74) is 0. The minimum atomic E-state index is -0.685. The Bertz CT molecular complexity index is 131. The van der Waals surface area contributed by atoms with E-state index in [9.17, 15) is 9.59 Å². The molecule has 0 aromatic heterocycles. The molecule has 0 aromatic rings. The molecule has 4 heteroatoms. The smallest absolute Gasteiger partial charge is 0.420 e. The molecule has 1 fully saturated rings. The molecule has 1 aliphatic rings. The van der Waals surface area contributed by atoms with Gasteiger partial charge in [0.2, 0.25) is 6.29 Å². The number of cyclic esters (lactones) is 1. The Morgan fingerprint density at radius 3 is 3.00 bits per heavy atom. The van der Waals surface area contributed by atoms with E-state index < -0.39 is 6.29 Å². The van der Waals surface area contributed by atoms with E-state index in [1.807, 2.05) is 0 Å². The number of hydrogen-bond donors (Lipinski definition) is 0. The van der Waals surface area contributed by atoms with Crippen LogP contribution in [0.15, 0.2) is 0 Å². The van der Waals surface area contributed by atoms with E-state index in [4.69, 9.17) is 0 Å². The fraction of sp³-hybridized carbons (Fsp3) is 0.600. The highest BCUT2D eigenvalue weighted by atomic mass is 16.7. The molecule has 1 unspecified atom stereocenters. The molecule has 0 bridgehead atoms. The summed E-state index contributed by atoms with van der Waals surface area (Å²) >= 11 is 0. The van der Waals surface area contributed by atoms with Crippen LogP contribution < -0.4 is 0 Å². The summed E-state index contributed by atoms with van der Waals surface area (Å²) in [6, 6.07) is 0. The van der Waals surface area contributed by atoms with Crippen LogP contribution in [0.2, 0.25) is 0 Å². The van der Waals surface area contributed by atoms with Crippen molar-refractivity contribution in [3.63, 3.8) is 0 Å². The molecule has 1 saturated heterocycles. The molecule has 4 nitrogen and oxygen atoms in total. The van der Waals surface area contributed by atoms with E-state index >= 15 is 0 Å². The zero-order valence-electron chi connectivity index (χ0n) is 4.62. The lowest BCUT2D eigenvalue weighted by Gasteiger charge is -2.02. The SMILES string of the molecule is O=[C]OC1CCC(=O)O1. The number of carbonyl (C=O) groups is 1.